The van der Waals surface area contributed by atoms with Gasteiger partial charge in [0.05, 0.1) is 6.54 Å². The first-order valence-electron chi connectivity index (χ1n) is 4.04. The van der Waals surface area contributed by atoms with E-state index in [1.165, 1.54) is 0 Å². The van der Waals surface area contributed by atoms with Crippen molar-refractivity contribution in [2.45, 2.75) is 11.4 Å². The lowest BCUT2D eigenvalue weighted by Crippen LogP contribution is -1.97. The monoisotopic (exact) mass is 208 g/mol. The molecule has 0 saturated carbocycles. The number of fused-ring (bicyclic) bond motifs is 3. The van der Waals surface area contributed by atoms with E-state index in [4.69, 9.17) is 0 Å². The highest BCUT2D eigenvalue weighted by Gasteiger charge is 2.25. The van der Waals surface area contributed by atoms with Crippen molar-refractivity contribution in [1.82, 2.24) is 20.2 Å². The smallest absolute Gasteiger partial charge is 0.182 e. The maximum atomic E-state index is 13.6. The molecule has 0 saturated heterocycles. The van der Waals surface area contributed by atoms with Crippen molar-refractivity contribution in [2.75, 3.05) is 0 Å². The molecule has 3 rings (SSSR count). The molecule has 70 valence electrons. The first-order chi connectivity index (χ1) is 6.77. The van der Waals surface area contributed by atoms with Crippen LogP contribution in [0.1, 0.15) is 5.56 Å². The zero-order valence-electron chi connectivity index (χ0n) is 6.98. The van der Waals surface area contributed by atoms with Gasteiger partial charge < -0.3 is 0 Å². The lowest BCUT2D eigenvalue weighted by molar-refractivity contribution is 0.571. The molecular weight excluding hydrogens is 203 g/mol. The molecule has 14 heavy (non-hydrogen) atoms. The van der Waals surface area contributed by atoms with E-state index in [0.717, 1.165) is 5.56 Å². The Labute approximate surface area is 84.2 Å². The molecule has 0 unspecified atom stereocenters. The van der Waals surface area contributed by atoms with E-state index in [-0.39, 0.29) is 5.82 Å². The van der Waals surface area contributed by atoms with Crippen LogP contribution < -0.4 is 0 Å². The zero-order chi connectivity index (χ0) is 9.71. The van der Waals surface area contributed by atoms with E-state index in [1.807, 2.05) is 0 Å². The number of nitrogens with zero attached hydrogens (tertiary/aromatic N) is 4. The number of hydrogen-bond acceptors (Lipinski definition) is 4. The van der Waals surface area contributed by atoms with Crippen molar-refractivity contribution in [1.29, 1.82) is 0 Å². The highest BCUT2D eigenvalue weighted by atomic mass is 32.1. The molecule has 2 aromatic rings. The minimum Gasteiger partial charge on any atom is -0.221 e. The molecule has 0 fully saturated rings. The molecule has 0 spiro atoms. The molecule has 0 aliphatic carbocycles. The van der Waals surface area contributed by atoms with Crippen LogP contribution in [0.4, 0.5) is 4.39 Å². The topological polar surface area (TPSA) is 43.6 Å². The number of aromatic nitrogens is 4. The van der Waals surface area contributed by atoms with Crippen molar-refractivity contribution in [3.8, 4) is 11.4 Å². The van der Waals surface area contributed by atoms with Gasteiger partial charge in [0.15, 0.2) is 5.82 Å². The summed E-state index contributed by atoms with van der Waals surface area (Å²) in [6, 6.07) is 3.40. The fraction of sp³-hybridized carbons (Fsp3) is 0.125. The molecule has 6 heteroatoms. The maximum absolute atomic E-state index is 13.6. The first-order valence-corrected chi connectivity index (χ1v) is 4.49. The molecule has 0 radical (unpaired) electrons. The van der Waals surface area contributed by atoms with Crippen LogP contribution in [0, 0.1) is 5.82 Å². The van der Waals surface area contributed by atoms with Gasteiger partial charge in [-0.1, -0.05) is 0 Å². The van der Waals surface area contributed by atoms with Gasteiger partial charge in [-0.3, -0.25) is 0 Å². The Morgan fingerprint density at radius 2 is 2.29 bits per heavy atom. The Morgan fingerprint density at radius 3 is 3.14 bits per heavy atom. The van der Waals surface area contributed by atoms with Gasteiger partial charge in [-0.05, 0) is 22.6 Å². The summed E-state index contributed by atoms with van der Waals surface area (Å²) in [4.78, 5) is 0.350. The molecule has 1 aromatic carbocycles. The van der Waals surface area contributed by atoms with Gasteiger partial charge in [-0.2, -0.15) is 0 Å². The molecule has 4 nitrogen and oxygen atoms in total. The largest absolute Gasteiger partial charge is 0.221 e. The predicted molar refractivity (Wildman–Crippen MR) is 49.6 cm³/mol. The molecular formula is C8H5FN4S. The van der Waals surface area contributed by atoms with Crippen LogP contribution in [0.5, 0.6) is 0 Å². The molecule has 0 N–H and O–H groups in total. The quantitative estimate of drug-likeness (QED) is 0.563. The van der Waals surface area contributed by atoms with E-state index in [0.29, 0.717) is 22.8 Å². The number of hydrogen-bond donors (Lipinski definition) is 1. The van der Waals surface area contributed by atoms with Gasteiger partial charge in [-0.25, -0.2) is 9.07 Å². The number of benzene rings is 1. The van der Waals surface area contributed by atoms with Gasteiger partial charge in [0.2, 0.25) is 0 Å². The standard InChI is InChI=1S/C8H5FN4S/c9-7-5-3-13-8(10-11-12-13)4(5)1-2-6(7)14/h1-2,14H,3H2. The molecule has 1 aliphatic rings. The van der Waals surface area contributed by atoms with Crippen LogP contribution in [-0.2, 0) is 6.54 Å². The second kappa shape index (κ2) is 2.54. The Hall–Kier alpha value is -1.43. The zero-order valence-corrected chi connectivity index (χ0v) is 7.87. The van der Waals surface area contributed by atoms with Gasteiger partial charge in [0.1, 0.15) is 5.82 Å². The fourth-order valence-corrected chi connectivity index (χ4v) is 1.84. The number of tetrazole rings is 1. The predicted octanol–water partition coefficient (Wildman–Crippen LogP) is 1.13. The van der Waals surface area contributed by atoms with Crippen LogP contribution in [0.15, 0.2) is 17.0 Å². The summed E-state index contributed by atoms with van der Waals surface area (Å²) in [6.45, 7) is 0.387. The number of halogens is 1. The lowest BCUT2D eigenvalue weighted by Gasteiger charge is -2.00. The minimum absolute atomic E-state index is 0.293. The molecule has 1 aromatic heterocycles. The van der Waals surface area contributed by atoms with Crippen molar-refractivity contribution in [3.63, 3.8) is 0 Å². The Balaban J connectivity index is 2.32. The summed E-state index contributed by atoms with van der Waals surface area (Å²) in [5.41, 5.74) is 1.35. The Bertz CT molecular complexity index is 522. The van der Waals surface area contributed by atoms with Crippen molar-refractivity contribution >= 4 is 12.6 Å². The summed E-state index contributed by atoms with van der Waals surface area (Å²) >= 11 is 4.02. The third-order valence-corrected chi connectivity index (χ3v) is 2.65. The maximum Gasteiger partial charge on any atom is 0.182 e. The summed E-state index contributed by atoms with van der Waals surface area (Å²) < 4.78 is 15.1. The molecule has 0 amide bonds. The summed E-state index contributed by atoms with van der Waals surface area (Å²) in [6.07, 6.45) is 0. The summed E-state index contributed by atoms with van der Waals surface area (Å²) in [5, 5.41) is 11.1. The van der Waals surface area contributed by atoms with Crippen molar-refractivity contribution in [3.05, 3.63) is 23.5 Å². The SMILES string of the molecule is Fc1c(S)ccc2c1Cn1nnnc1-2. The van der Waals surface area contributed by atoms with Crippen LogP contribution in [0.3, 0.4) is 0 Å². The van der Waals surface area contributed by atoms with E-state index >= 15 is 0 Å². The molecule has 0 atom stereocenters. The molecule has 1 aliphatic heterocycles. The summed E-state index contributed by atoms with van der Waals surface area (Å²) in [5.74, 6) is 0.324. The summed E-state index contributed by atoms with van der Waals surface area (Å²) in [7, 11) is 0. The third kappa shape index (κ3) is 0.859. The minimum atomic E-state index is -0.293. The third-order valence-electron chi connectivity index (χ3n) is 2.30. The van der Waals surface area contributed by atoms with E-state index in [2.05, 4.69) is 28.2 Å². The van der Waals surface area contributed by atoms with E-state index in [9.17, 15) is 4.39 Å². The molecule has 2 heterocycles. The Kier molecular flexibility index (Phi) is 1.44. The number of thiol groups is 1. The van der Waals surface area contributed by atoms with Crippen LogP contribution in [0.25, 0.3) is 11.4 Å². The Morgan fingerprint density at radius 1 is 1.43 bits per heavy atom. The normalized spacial score (nSPS) is 12.7. The van der Waals surface area contributed by atoms with Gasteiger partial charge in [0.25, 0.3) is 0 Å². The van der Waals surface area contributed by atoms with Crippen LogP contribution >= 0.6 is 12.6 Å². The highest BCUT2D eigenvalue weighted by molar-refractivity contribution is 7.80. The van der Waals surface area contributed by atoms with Crippen LogP contribution in [0.2, 0.25) is 0 Å². The van der Waals surface area contributed by atoms with Gasteiger partial charge >= 0.3 is 0 Å². The average Bonchev–Trinajstić information content (AvgIpc) is 2.71. The number of rotatable bonds is 0. The van der Waals surface area contributed by atoms with Crippen molar-refractivity contribution < 1.29 is 4.39 Å². The fourth-order valence-electron chi connectivity index (χ4n) is 1.63. The van der Waals surface area contributed by atoms with E-state index < -0.39 is 0 Å². The average molecular weight is 208 g/mol. The lowest BCUT2D eigenvalue weighted by atomic mass is 10.1. The van der Waals surface area contributed by atoms with Crippen LogP contribution in [-0.4, -0.2) is 20.2 Å². The second-order valence-corrected chi connectivity index (χ2v) is 3.57. The highest BCUT2D eigenvalue weighted by Crippen LogP contribution is 2.32. The molecule has 0 bridgehead atoms. The van der Waals surface area contributed by atoms with Gasteiger partial charge in [0, 0.05) is 16.0 Å². The first kappa shape index (κ1) is 7.93. The van der Waals surface area contributed by atoms with Crippen molar-refractivity contribution in [2.24, 2.45) is 0 Å². The van der Waals surface area contributed by atoms with Gasteiger partial charge in [-0.15, -0.1) is 17.7 Å². The van der Waals surface area contributed by atoms with E-state index in [1.54, 1.807) is 16.8 Å². The second-order valence-electron chi connectivity index (χ2n) is 3.08.